The van der Waals surface area contributed by atoms with Crippen molar-refractivity contribution in [2.45, 2.75) is 40.0 Å². The number of Topliss-reactive ketones (excluding diaryl/α,β-unsaturated/α-hetero) is 1. The Morgan fingerprint density at radius 3 is 2.50 bits per heavy atom. The van der Waals surface area contributed by atoms with E-state index in [4.69, 9.17) is 14.7 Å². The van der Waals surface area contributed by atoms with Crippen LogP contribution in [0.5, 0.6) is 11.5 Å². The zero-order valence-electron chi connectivity index (χ0n) is 15.7. The maximum absolute atomic E-state index is 12.7. The smallest absolute Gasteiger partial charge is 0.304 e. The molecule has 1 aromatic rings. The number of hydrogen-bond acceptors (Lipinski definition) is 5. The highest BCUT2D eigenvalue weighted by Crippen LogP contribution is 2.39. The highest BCUT2D eigenvalue weighted by Gasteiger charge is 2.34. The van der Waals surface area contributed by atoms with E-state index in [-0.39, 0.29) is 29.6 Å². The van der Waals surface area contributed by atoms with E-state index in [0.717, 1.165) is 0 Å². The van der Waals surface area contributed by atoms with Gasteiger partial charge in [0.2, 0.25) is 0 Å². The number of amides is 1. The van der Waals surface area contributed by atoms with Crippen molar-refractivity contribution in [1.29, 1.82) is 0 Å². The van der Waals surface area contributed by atoms with Crippen LogP contribution in [0.2, 0.25) is 0 Å². The van der Waals surface area contributed by atoms with Crippen LogP contribution in [-0.4, -0.2) is 41.5 Å². The van der Waals surface area contributed by atoms with Crippen molar-refractivity contribution >= 4 is 17.7 Å². The van der Waals surface area contributed by atoms with E-state index in [1.807, 2.05) is 13.8 Å². The van der Waals surface area contributed by atoms with E-state index in [1.165, 1.54) is 12.2 Å². The van der Waals surface area contributed by atoms with Gasteiger partial charge in [0.15, 0.2) is 11.5 Å². The molecule has 0 saturated carbocycles. The first-order valence-electron chi connectivity index (χ1n) is 8.63. The third kappa shape index (κ3) is 3.98. The fraction of sp³-hybridized carbons (Fsp3) is 0.526. The second-order valence-electron chi connectivity index (χ2n) is 7.06. The molecule has 7 nitrogen and oxygen atoms in total. The molecule has 0 aliphatic carbocycles. The highest BCUT2D eigenvalue weighted by molar-refractivity contribution is 6.02. The average molecular weight is 363 g/mol. The van der Waals surface area contributed by atoms with Gasteiger partial charge in [0.05, 0.1) is 31.6 Å². The molecule has 1 heterocycles. The Balaban J connectivity index is 2.43. The molecule has 0 aromatic heterocycles. The monoisotopic (exact) mass is 363 g/mol. The molecule has 7 heteroatoms. The van der Waals surface area contributed by atoms with Gasteiger partial charge in [-0.3, -0.25) is 14.4 Å². The minimum Gasteiger partial charge on any atom is -0.496 e. The number of carboxylic acid groups (broad SMARTS) is 1. The number of carbonyl (C=O) groups is 3. The van der Waals surface area contributed by atoms with Crippen molar-refractivity contribution in [3.63, 3.8) is 0 Å². The SMILES string of the molecule is COc1cc2c(cc1C(=O)C(C)CC(=O)O)C(C)C(=O)N(CC(C)C)O2. The number of ether oxygens (including phenoxy) is 1. The fourth-order valence-corrected chi connectivity index (χ4v) is 2.95. The lowest BCUT2D eigenvalue weighted by atomic mass is 9.90. The number of fused-ring (bicyclic) bond motifs is 1. The maximum Gasteiger partial charge on any atom is 0.304 e. The van der Waals surface area contributed by atoms with Crippen LogP contribution in [0, 0.1) is 11.8 Å². The van der Waals surface area contributed by atoms with Gasteiger partial charge in [-0.1, -0.05) is 20.8 Å². The second-order valence-corrected chi connectivity index (χ2v) is 7.06. The molecule has 142 valence electrons. The van der Waals surface area contributed by atoms with Crippen molar-refractivity contribution in [3.8, 4) is 11.5 Å². The Labute approximate surface area is 152 Å². The lowest BCUT2D eigenvalue weighted by Crippen LogP contribution is -2.43. The Morgan fingerprint density at radius 2 is 1.96 bits per heavy atom. The maximum atomic E-state index is 12.7. The standard InChI is InChI=1S/C19H25NO6/c1-10(2)9-20-19(24)12(4)13-7-14(15(25-5)8-16(13)26-20)18(23)11(3)6-17(21)22/h7-8,10-12H,6,9H2,1-5H3,(H,21,22). The fourth-order valence-electron chi connectivity index (χ4n) is 2.95. The number of carboxylic acids is 1. The van der Waals surface area contributed by atoms with Crippen molar-refractivity contribution in [3.05, 3.63) is 23.3 Å². The second kappa shape index (κ2) is 7.76. The topological polar surface area (TPSA) is 93.1 Å². The summed E-state index contributed by atoms with van der Waals surface area (Å²) in [4.78, 5) is 41.8. The lowest BCUT2D eigenvalue weighted by molar-refractivity contribution is -0.164. The van der Waals surface area contributed by atoms with E-state index >= 15 is 0 Å². The van der Waals surface area contributed by atoms with Gasteiger partial charge >= 0.3 is 5.97 Å². The number of hydrogen-bond donors (Lipinski definition) is 1. The van der Waals surface area contributed by atoms with Crippen LogP contribution in [-0.2, 0) is 9.59 Å². The minimum absolute atomic E-state index is 0.173. The first kappa shape index (κ1) is 19.8. The molecule has 0 radical (unpaired) electrons. The van der Waals surface area contributed by atoms with Gasteiger partial charge < -0.3 is 14.7 Å². The molecule has 26 heavy (non-hydrogen) atoms. The molecular formula is C19H25NO6. The average Bonchev–Trinajstić information content (AvgIpc) is 2.56. The summed E-state index contributed by atoms with van der Waals surface area (Å²) in [5.74, 6) is -1.71. The summed E-state index contributed by atoms with van der Waals surface area (Å²) in [6.07, 6.45) is -0.272. The van der Waals surface area contributed by atoms with Crippen LogP contribution in [0.3, 0.4) is 0 Å². The predicted octanol–water partition coefficient (Wildman–Crippen LogP) is 2.88. The van der Waals surface area contributed by atoms with Crippen LogP contribution >= 0.6 is 0 Å². The van der Waals surface area contributed by atoms with Gasteiger partial charge in [-0.25, -0.2) is 0 Å². The third-order valence-electron chi connectivity index (χ3n) is 4.35. The first-order chi connectivity index (χ1) is 12.1. The molecule has 0 saturated heterocycles. The van der Waals surface area contributed by atoms with E-state index in [9.17, 15) is 14.4 Å². The molecule has 0 spiro atoms. The number of benzene rings is 1. The summed E-state index contributed by atoms with van der Waals surface area (Å²) in [5, 5.41) is 10.3. The number of aliphatic carboxylic acids is 1. The summed E-state index contributed by atoms with van der Waals surface area (Å²) in [5.41, 5.74) is 0.863. The van der Waals surface area contributed by atoms with E-state index in [0.29, 0.717) is 23.6 Å². The van der Waals surface area contributed by atoms with Crippen molar-refractivity contribution in [2.24, 2.45) is 11.8 Å². The molecule has 2 rings (SSSR count). The Bertz CT molecular complexity index is 727. The van der Waals surface area contributed by atoms with Crippen molar-refractivity contribution < 1.29 is 29.1 Å². The largest absolute Gasteiger partial charge is 0.496 e. The van der Waals surface area contributed by atoms with Gasteiger partial charge in [0.25, 0.3) is 5.91 Å². The molecular weight excluding hydrogens is 338 g/mol. The zero-order valence-corrected chi connectivity index (χ0v) is 15.7. The van der Waals surface area contributed by atoms with E-state index < -0.39 is 17.8 Å². The number of nitrogens with zero attached hydrogens (tertiary/aromatic N) is 1. The summed E-state index contributed by atoms with van der Waals surface area (Å²) in [7, 11) is 1.43. The highest BCUT2D eigenvalue weighted by atomic mass is 16.7. The minimum atomic E-state index is -1.04. The van der Waals surface area contributed by atoms with Crippen LogP contribution in [0.4, 0.5) is 0 Å². The Hall–Kier alpha value is -2.57. The lowest BCUT2D eigenvalue weighted by Gasteiger charge is -2.33. The summed E-state index contributed by atoms with van der Waals surface area (Å²) < 4.78 is 5.31. The molecule has 0 fully saturated rings. The van der Waals surface area contributed by atoms with Crippen LogP contribution < -0.4 is 9.57 Å². The first-order valence-corrected chi connectivity index (χ1v) is 8.63. The van der Waals surface area contributed by atoms with Gasteiger partial charge in [-0.05, 0) is 18.9 Å². The number of hydroxylamine groups is 2. The van der Waals surface area contributed by atoms with Gasteiger partial charge in [-0.2, -0.15) is 5.06 Å². The van der Waals surface area contributed by atoms with Crippen LogP contribution in [0.15, 0.2) is 12.1 Å². The molecule has 0 bridgehead atoms. The number of methoxy groups -OCH3 is 1. The normalized spacial score (nSPS) is 17.5. The molecule has 2 atom stereocenters. The van der Waals surface area contributed by atoms with Crippen molar-refractivity contribution in [2.75, 3.05) is 13.7 Å². The predicted molar refractivity (Wildman–Crippen MR) is 94.3 cm³/mol. The molecule has 1 aromatic carbocycles. The molecule has 2 unspecified atom stereocenters. The van der Waals surface area contributed by atoms with E-state index in [2.05, 4.69) is 0 Å². The molecule has 1 N–H and O–H groups in total. The number of rotatable bonds is 7. The number of ketones is 1. The van der Waals surface area contributed by atoms with Gasteiger partial charge in [0, 0.05) is 17.5 Å². The molecule has 1 amide bonds. The van der Waals surface area contributed by atoms with Gasteiger partial charge in [0.1, 0.15) is 5.75 Å². The summed E-state index contributed by atoms with van der Waals surface area (Å²) in [6.45, 7) is 7.76. The molecule has 1 aliphatic rings. The van der Waals surface area contributed by atoms with Crippen molar-refractivity contribution in [1.82, 2.24) is 5.06 Å². The zero-order chi connectivity index (χ0) is 19.6. The van der Waals surface area contributed by atoms with Crippen LogP contribution in [0.25, 0.3) is 0 Å². The third-order valence-corrected chi connectivity index (χ3v) is 4.35. The number of carbonyl (C=O) groups excluding carboxylic acids is 2. The Morgan fingerprint density at radius 1 is 1.31 bits per heavy atom. The Kier molecular flexibility index (Phi) is 5.90. The molecule has 1 aliphatic heterocycles. The quantitative estimate of drug-likeness (QED) is 0.749. The summed E-state index contributed by atoms with van der Waals surface area (Å²) in [6, 6.07) is 3.18. The van der Waals surface area contributed by atoms with Gasteiger partial charge in [-0.15, -0.1) is 0 Å². The van der Waals surface area contributed by atoms with Crippen LogP contribution in [0.1, 0.15) is 56.0 Å². The van der Waals surface area contributed by atoms with E-state index in [1.54, 1.807) is 26.0 Å². The summed E-state index contributed by atoms with van der Waals surface area (Å²) >= 11 is 0.